The summed E-state index contributed by atoms with van der Waals surface area (Å²) in [5.41, 5.74) is 2.55. The van der Waals surface area contributed by atoms with Crippen molar-refractivity contribution in [3.8, 4) is 17.2 Å². The fourth-order valence-corrected chi connectivity index (χ4v) is 2.38. The van der Waals surface area contributed by atoms with E-state index in [1.54, 1.807) is 13.8 Å². The number of carbonyl (C=O) groups is 1. The second kappa shape index (κ2) is 8.57. The molecule has 0 fully saturated rings. The Kier molecular flexibility index (Phi) is 7.08. The van der Waals surface area contributed by atoms with Crippen LogP contribution >= 0.6 is 0 Å². The summed E-state index contributed by atoms with van der Waals surface area (Å²) in [6, 6.07) is 1.12. The number of allylic oxidation sites excluding steroid dienone is 4. The van der Waals surface area contributed by atoms with E-state index >= 15 is 0 Å². The number of rotatable bonds is 7. The number of hydrogen-bond donors (Lipinski definition) is 3. The summed E-state index contributed by atoms with van der Waals surface area (Å²) < 4.78 is 0. The molecule has 0 heterocycles. The Hall–Kier alpha value is -2.23. The lowest BCUT2D eigenvalue weighted by atomic mass is 9.94. The Morgan fingerprint density at radius 3 is 2.25 bits per heavy atom. The van der Waals surface area contributed by atoms with E-state index in [1.165, 1.54) is 5.57 Å². The molecule has 0 amide bonds. The first-order valence-corrected chi connectivity index (χ1v) is 8.25. The molecule has 0 radical (unpaired) electrons. The van der Waals surface area contributed by atoms with E-state index < -0.39 is 5.75 Å². The van der Waals surface area contributed by atoms with Crippen molar-refractivity contribution in [3.05, 3.63) is 40.5 Å². The summed E-state index contributed by atoms with van der Waals surface area (Å²) in [7, 11) is 0. The highest BCUT2D eigenvalue weighted by atomic mass is 16.3. The predicted molar refractivity (Wildman–Crippen MR) is 96.7 cm³/mol. The van der Waals surface area contributed by atoms with Crippen molar-refractivity contribution >= 4 is 5.78 Å². The lowest BCUT2D eigenvalue weighted by molar-refractivity contribution is 0.0933. The molecule has 3 N–H and O–H groups in total. The topological polar surface area (TPSA) is 77.8 Å². The van der Waals surface area contributed by atoms with Crippen LogP contribution in [0.2, 0.25) is 0 Å². The van der Waals surface area contributed by atoms with E-state index in [2.05, 4.69) is 19.9 Å². The van der Waals surface area contributed by atoms with Crippen molar-refractivity contribution in [1.29, 1.82) is 0 Å². The van der Waals surface area contributed by atoms with Crippen molar-refractivity contribution in [2.75, 3.05) is 0 Å². The molecule has 0 bridgehead atoms. The fourth-order valence-electron chi connectivity index (χ4n) is 2.38. The molecule has 0 saturated carbocycles. The first-order valence-electron chi connectivity index (χ1n) is 8.25. The summed E-state index contributed by atoms with van der Waals surface area (Å²) in [6.07, 6.45) is 6.22. The third kappa shape index (κ3) is 5.15. The molecule has 0 unspecified atom stereocenters. The van der Waals surface area contributed by atoms with Gasteiger partial charge in [-0.1, -0.05) is 37.1 Å². The minimum Gasteiger partial charge on any atom is -0.507 e. The number of aromatic hydroxyl groups is 3. The van der Waals surface area contributed by atoms with Gasteiger partial charge < -0.3 is 15.3 Å². The molecule has 4 nitrogen and oxygen atoms in total. The van der Waals surface area contributed by atoms with Crippen molar-refractivity contribution in [2.45, 2.75) is 53.9 Å². The quantitative estimate of drug-likeness (QED) is 0.491. The maximum atomic E-state index is 12.2. The van der Waals surface area contributed by atoms with Crippen molar-refractivity contribution in [3.63, 3.8) is 0 Å². The zero-order chi connectivity index (χ0) is 18.4. The molecule has 24 heavy (non-hydrogen) atoms. The number of benzene rings is 1. The first kappa shape index (κ1) is 19.8. The van der Waals surface area contributed by atoms with Gasteiger partial charge in [0, 0.05) is 17.5 Å². The summed E-state index contributed by atoms with van der Waals surface area (Å²) >= 11 is 0. The Labute approximate surface area is 144 Å². The molecule has 0 saturated heterocycles. The average Bonchev–Trinajstić information content (AvgIpc) is 2.45. The third-order valence-corrected chi connectivity index (χ3v) is 3.88. The Bertz CT molecular complexity index is 663. The normalized spacial score (nSPS) is 11.7. The Morgan fingerprint density at radius 2 is 1.71 bits per heavy atom. The van der Waals surface area contributed by atoms with E-state index in [0.717, 1.165) is 24.5 Å². The summed E-state index contributed by atoms with van der Waals surface area (Å²) in [6.45, 7) is 9.49. The van der Waals surface area contributed by atoms with Gasteiger partial charge in [0.15, 0.2) is 5.78 Å². The third-order valence-electron chi connectivity index (χ3n) is 3.88. The van der Waals surface area contributed by atoms with Gasteiger partial charge in [-0.3, -0.25) is 4.79 Å². The van der Waals surface area contributed by atoms with E-state index in [1.807, 2.05) is 13.0 Å². The minimum atomic E-state index is -0.392. The smallest absolute Gasteiger partial charge is 0.172 e. The molecule has 0 aromatic heterocycles. The number of Topliss-reactive ketones (excluding diaryl/α,β-unsaturated/α-hetero) is 1. The van der Waals surface area contributed by atoms with Crippen LogP contribution in [0.3, 0.4) is 0 Å². The molecule has 1 aromatic carbocycles. The highest BCUT2D eigenvalue weighted by Gasteiger charge is 2.23. The van der Waals surface area contributed by atoms with E-state index in [-0.39, 0.29) is 34.3 Å². The largest absolute Gasteiger partial charge is 0.507 e. The minimum absolute atomic E-state index is 0.117. The summed E-state index contributed by atoms with van der Waals surface area (Å²) in [5, 5.41) is 30.3. The lowest BCUT2D eigenvalue weighted by Crippen LogP contribution is -2.09. The predicted octanol–water partition coefficient (Wildman–Crippen LogP) is 4.88. The maximum Gasteiger partial charge on any atom is 0.172 e. The van der Waals surface area contributed by atoms with Gasteiger partial charge in [0.05, 0.1) is 0 Å². The SMILES string of the molecule is CC(C)=CCCC(C)=CCc1c(O)cc(O)c(C(=O)C(C)C)c1O. The zero-order valence-corrected chi connectivity index (χ0v) is 15.2. The van der Waals surface area contributed by atoms with E-state index in [4.69, 9.17) is 0 Å². The molecule has 0 aliphatic carbocycles. The molecular weight excluding hydrogens is 304 g/mol. The number of hydrogen-bond acceptors (Lipinski definition) is 4. The monoisotopic (exact) mass is 332 g/mol. The van der Waals surface area contributed by atoms with Crippen LogP contribution in [0.4, 0.5) is 0 Å². The van der Waals surface area contributed by atoms with Gasteiger partial charge >= 0.3 is 0 Å². The Balaban J connectivity index is 3.06. The molecule has 0 spiro atoms. The van der Waals surface area contributed by atoms with Crippen molar-refractivity contribution < 1.29 is 20.1 Å². The molecule has 132 valence electrons. The van der Waals surface area contributed by atoms with Crippen LogP contribution in [0.25, 0.3) is 0 Å². The first-order chi connectivity index (χ1) is 11.1. The summed E-state index contributed by atoms with van der Waals surface area (Å²) in [5.74, 6) is -1.65. The number of ketones is 1. The average molecular weight is 332 g/mol. The zero-order valence-electron chi connectivity index (χ0n) is 15.2. The number of phenols is 3. The second-order valence-electron chi connectivity index (χ2n) is 6.71. The van der Waals surface area contributed by atoms with Gasteiger partial charge in [-0.25, -0.2) is 0 Å². The highest BCUT2D eigenvalue weighted by molar-refractivity contribution is 6.03. The molecule has 0 atom stereocenters. The highest BCUT2D eigenvalue weighted by Crippen LogP contribution is 2.39. The van der Waals surface area contributed by atoms with E-state index in [0.29, 0.717) is 6.42 Å². The van der Waals surface area contributed by atoms with Crippen LogP contribution in [0.1, 0.15) is 63.4 Å². The standard InChI is InChI=1S/C20H28O4/c1-12(2)7-6-8-14(5)9-10-15-16(21)11-17(22)18(20(15)24)19(23)13(3)4/h7,9,11,13,21-22,24H,6,8,10H2,1-5H3. The van der Waals surface area contributed by atoms with Gasteiger partial charge in [0.2, 0.25) is 0 Å². The Morgan fingerprint density at radius 1 is 1.08 bits per heavy atom. The van der Waals surface area contributed by atoms with Crippen LogP contribution < -0.4 is 0 Å². The van der Waals surface area contributed by atoms with Crippen LogP contribution in [0, 0.1) is 5.92 Å². The van der Waals surface area contributed by atoms with Crippen molar-refractivity contribution in [2.24, 2.45) is 5.92 Å². The lowest BCUT2D eigenvalue weighted by Gasteiger charge is -2.14. The van der Waals surface area contributed by atoms with Crippen LogP contribution in [0.5, 0.6) is 17.2 Å². The second-order valence-corrected chi connectivity index (χ2v) is 6.71. The van der Waals surface area contributed by atoms with Gasteiger partial charge in [-0.05, 0) is 40.0 Å². The molecule has 1 rings (SSSR count). The molecule has 0 aliphatic rings. The molecular formula is C20H28O4. The van der Waals surface area contributed by atoms with E-state index in [9.17, 15) is 20.1 Å². The molecule has 4 heteroatoms. The number of carbonyl (C=O) groups excluding carboxylic acids is 1. The summed E-state index contributed by atoms with van der Waals surface area (Å²) in [4.78, 5) is 12.2. The molecule has 1 aromatic rings. The van der Waals surface area contributed by atoms with Gasteiger partial charge in [0.25, 0.3) is 0 Å². The number of phenolic OH excluding ortho intramolecular Hbond substituents is 3. The van der Waals surface area contributed by atoms with Gasteiger partial charge in [-0.15, -0.1) is 0 Å². The van der Waals surface area contributed by atoms with Gasteiger partial charge in [-0.2, -0.15) is 0 Å². The van der Waals surface area contributed by atoms with Gasteiger partial charge in [0.1, 0.15) is 22.8 Å². The van der Waals surface area contributed by atoms with Crippen LogP contribution in [-0.2, 0) is 6.42 Å². The van der Waals surface area contributed by atoms with Crippen molar-refractivity contribution in [1.82, 2.24) is 0 Å². The maximum absolute atomic E-state index is 12.2. The fraction of sp³-hybridized carbons (Fsp3) is 0.450. The van der Waals surface area contributed by atoms with Crippen LogP contribution in [0.15, 0.2) is 29.4 Å². The van der Waals surface area contributed by atoms with Crippen LogP contribution in [-0.4, -0.2) is 21.1 Å². The molecule has 0 aliphatic heterocycles.